The summed E-state index contributed by atoms with van der Waals surface area (Å²) in [6.07, 6.45) is 0. The molecule has 0 radical (unpaired) electrons. The first kappa shape index (κ1) is 9.73. The molecule has 0 aliphatic rings. The fraction of sp³-hybridized carbons (Fsp3) is 0. The van der Waals surface area contributed by atoms with Crippen LogP contribution in [0.5, 0.6) is 0 Å². The Morgan fingerprint density at radius 3 is 2.11 bits per heavy atom. The Labute approximate surface area is 75.9 Å². The summed E-state index contributed by atoms with van der Waals surface area (Å²) in [5.41, 5.74) is 0. The highest BCUT2D eigenvalue weighted by atomic mass is 33.1. The Hall–Kier alpha value is 0.730. The van der Waals surface area contributed by atoms with Gasteiger partial charge in [-0.2, -0.15) is 0 Å². The second-order valence-electron chi connectivity index (χ2n) is 1.02. The van der Waals surface area contributed by atoms with Gasteiger partial charge < -0.3 is 30.4 Å². The lowest BCUT2D eigenvalue weighted by Gasteiger charge is -2.08. The van der Waals surface area contributed by atoms with Crippen LogP contribution >= 0.6 is 0 Å². The van der Waals surface area contributed by atoms with Crippen molar-refractivity contribution in [3.8, 4) is 0 Å². The molecule has 0 aliphatic heterocycles. The molecule has 9 heavy (non-hydrogen) atoms. The van der Waals surface area contributed by atoms with E-state index in [0.29, 0.717) is 5.11 Å². The van der Waals surface area contributed by atoms with Crippen molar-refractivity contribution >= 4 is 67.4 Å². The van der Waals surface area contributed by atoms with Crippen molar-refractivity contribution in [2.75, 3.05) is 0 Å². The minimum atomic E-state index is -0.756. The van der Waals surface area contributed by atoms with E-state index in [-0.39, 0.29) is 0 Å². The van der Waals surface area contributed by atoms with E-state index in [4.69, 9.17) is 22.4 Å². The Morgan fingerprint density at radius 1 is 1.67 bits per heavy atom. The smallest absolute Gasteiger partial charge is 0.285 e. The quantitative estimate of drug-likeness (QED) is 0.237. The summed E-state index contributed by atoms with van der Waals surface area (Å²) < 4.78 is 3.50. The van der Waals surface area contributed by atoms with Gasteiger partial charge >= 0.3 is 0 Å². The van der Waals surface area contributed by atoms with E-state index >= 15 is 0 Å². The number of rotatable bonds is 0. The minimum absolute atomic E-state index is 0.449. The molecule has 0 aromatic rings. The number of hydrogen-bond acceptors (Lipinski definition) is 4. The van der Waals surface area contributed by atoms with Crippen LogP contribution in [0.1, 0.15) is 0 Å². The SMILES string of the molecule is C=[N+]([S-])C(N[S-])=S(=S)=S. The van der Waals surface area contributed by atoms with Gasteiger partial charge in [-0.25, -0.2) is 0 Å². The summed E-state index contributed by atoms with van der Waals surface area (Å²) >= 11 is 18.5. The molecule has 7 heteroatoms. The molecule has 1 N–H and O–H groups in total. The van der Waals surface area contributed by atoms with E-state index in [2.05, 4.69) is 37.1 Å². The van der Waals surface area contributed by atoms with E-state index in [0.717, 1.165) is 3.98 Å². The number of nitrogens with zero attached hydrogens (tertiary/aromatic N) is 1. The second-order valence-corrected chi connectivity index (χ2v) is 5.15. The van der Waals surface area contributed by atoms with Crippen LogP contribution in [-0.2, 0) is 55.6 Å². The highest BCUT2D eigenvalue weighted by molar-refractivity contribution is 8.45. The summed E-state index contributed by atoms with van der Waals surface area (Å²) in [6.45, 7) is 3.39. The fourth-order valence-electron chi connectivity index (χ4n) is 0.168. The van der Waals surface area contributed by atoms with Crippen LogP contribution in [0, 0.1) is 0 Å². The van der Waals surface area contributed by atoms with Gasteiger partial charge in [0, 0.05) is 7.60 Å². The maximum Gasteiger partial charge on any atom is 0.285 e. The lowest BCUT2D eigenvalue weighted by Crippen LogP contribution is -2.26. The summed E-state index contributed by atoms with van der Waals surface area (Å²) in [6, 6.07) is 0. The third-order valence-electron chi connectivity index (χ3n) is 0.472. The van der Waals surface area contributed by atoms with Crippen LogP contribution in [0.2, 0.25) is 0 Å². The molecule has 0 saturated heterocycles. The first-order valence-electron chi connectivity index (χ1n) is 1.71. The monoisotopic (exact) mass is 215 g/mol. The molecule has 0 aliphatic carbocycles. The predicted molar refractivity (Wildman–Crippen MR) is 52.3 cm³/mol. The van der Waals surface area contributed by atoms with E-state index in [9.17, 15) is 0 Å². The highest BCUT2D eigenvalue weighted by Gasteiger charge is 1.89. The van der Waals surface area contributed by atoms with E-state index < -0.39 is 7.60 Å². The molecule has 0 aromatic carbocycles. The zero-order chi connectivity index (χ0) is 7.44. The van der Waals surface area contributed by atoms with Crippen LogP contribution in [0.25, 0.3) is 0 Å². The zero-order valence-corrected chi connectivity index (χ0v) is 8.28. The third-order valence-corrected chi connectivity index (χ3v) is 2.68. The summed E-state index contributed by atoms with van der Waals surface area (Å²) in [4.78, 5) is 0. The largest absolute Gasteiger partial charge is 0.693 e. The average molecular weight is 215 g/mol. The second kappa shape index (κ2) is 4.53. The molecule has 0 fully saturated rings. The Bertz CT molecular complexity index is 228. The molecular formula is C2H3N2S5-. The van der Waals surface area contributed by atoms with Crippen molar-refractivity contribution in [2.45, 2.75) is 0 Å². The molecule has 0 atom stereocenters. The maximum absolute atomic E-state index is 4.70. The normalized spacial score (nSPS) is 8.56. The van der Waals surface area contributed by atoms with Gasteiger partial charge in [-0.15, -0.1) is 0 Å². The Balaban J connectivity index is 4.80. The van der Waals surface area contributed by atoms with Gasteiger partial charge in [0.2, 0.25) is 0 Å². The standard InChI is InChI=1S/C2H3N2S5/c1-4(6)2(3-5)9(7)8/h3H,1H2/q-1. The van der Waals surface area contributed by atoms with Gasteiger partial charge in [0.1, 0.15) is 6.72 Å². The lowest BCUT2D eigenvalue weighted by atomic mass is 11.2. The topological polar surface area (TPSA) is 15.0 Å². The van der Waals surface area contributed by atoms with Crippen molar-refractivity contribution in [1.82, 2.24) is 4.72 Å². The average Bonchev–Trinajstić information content (AvgIpc) is 1.64. The first-order valence-corrected chi connectivity index (χ1v) is 5.56. The lowest BCUT2D eigenvalue weighted by molar-refractivity contribution is -0.182. The van der Waals surface area contributed by atoms with Crippen LogP contribution in [0.4, 0.5) is 0 Å². The molecule has 0 spiro atoms. The van der Waals surface area contributed by atoms with E-state index in [1.54, 1.807) is 0 Å². The van der Waals surface area contributed by atoms with Gasteiger partial charge in [0.05, 0.1) is 0 Å². The van der Waals surface area contributed by atoms with Crippen LogP contribution in [-0.4, -0.2) is 15.8 Å². The molecule has 52 valence electrons. The van der Waals surface area contributed by atoms with Gasteiger partial charge in [-0.3, -0.25) is 3.98 Å². The first-order chi connectivity index (χ1) is 4.09. The molecule has 0 heterocycles. The molecule has 0 rings (SSSR count). The van der Waals surface area contributed by atoms with Gasteiger partial charge in [-0.1, -0.05) is 0 Å². The van der Waals surface area contributed by atoms with Crippen LogP contribution < -0.4 is 4.72 Å². The summed E-state index contributed by atoms with van der Waals surface area (Å²) in [7, 11) is -0.756. The van der Waals surface area contributed by atoms with Crippen molar-refractivity contribution in [1.29, 1.82) is 0 Å². The molecule has 0 unspecified atom stereocenters. The number of nitrogens with one attached hydrogen (secondary N) is 1. The third kappa shape index (κ3) is 3.43. The van der Waals surface area contributed by atoms with Gasteiger partial charge in [0.15, 0.2) is 0 Å². The van der Waals surface area contributed by atoms with Crippen molar-refractivity contribution in [3.63, 3.8) is 0 Å². The molecule has 0 amide bonds. The molecule has 0 aromatic heterocycles. The van der Waals surface area contributed by atoms with E-state index in [1.165, 1.54) is 0 Å². The van der Waals surface area contributed by atoms with E-state index in [1.807, 2.05) is 0 Å². The molecule has 2 nitrogen and oxygen atoms in total. The Morgan fingerprint density at radius 2 is 2.11 bits per heavy atom. The summed E-state index contributed by atoms with van der Waals surface area (Å²) in [5, 5.41) is 0.449. The summed E-state index contributed by atoms with van der Waals surface area (Å²) in [5.74, 6) is 0. The molecule has 0 saturated carbocycles. The predicted octanol–water partition coefficient (Wildman–Crippen LogP) is -1.16. The molecular weight excluding hydrogens is 212 g/mol. The Kier molecular flexibility index (Phi) is 4.90. The maximum atomic E-state index is 4.70. The van der Waals surface area contributed by atoms with Crippen molar-refractivity contribution in [3.05, 3.63) is 0 Å². The van der Waals surface area contributed by atoms with Gasteiger partial charge in [-0.05, 0) is 22.4 Å². The molecule has 0 bridgehead atoms. The zero-order valence-electron chi connectivity index (χ0n) is 4.20. The highest BCUT2D eigenvalue weighted by Crippen LogP contribution is 1.66. The van der Waals surface area contributed by atoms with Crippen molar-refractivity contribution < 1.29 is 3.98 Å². The fourth-order valence-corrected chi connectivity index (χ4v) is 2.48. The minimum Gasteiger partial charge on any atom is -0.693 e. The van der Waals surface area contributed by atoms with Crippen LogP contribution in [0.3, 0.4) is 0 Å². The number of hydrogen-bond donors (Lipinski definition) is 1. The van der Waals surface area contributed by atoms with Crippen molar-refractivity contribution in [2.24, 2.45) is 0 Å². The van der Waals surface area contributed by atoms with Gasteiger partial charge in [0.25, 0.3) is 5.11 Å². The van der Waals surface area contributed by atoms with Crippen LogP contribution in [0.15, 0.2) is 0 Å².